The van der Waals surface area contributed by atoms with E-state index >= 15 is 0 Å². The van der Waals surface area contributed by atoms with E-state index in [-0.39, 0.29) is 10.5 Å². The number of nitrogens with one attached hydrogen (secondary N) is 1. The van der Waals surface area contributed by atoms with E-state index in [0.717, 1.165) is 6.42 Å². The molecule has 76 valence electrons. The molecule has 0 saturated carbocycles. The zero-order valence-electron chi connectivity index (χ0n) is 8.79. The van der Waals surface area contributed by atoms with Crippen LogP contribution in [0, 0.1) is 11.3 Å². The van der Waals surface area contributed by atoms with Crippen LogP contribution in [-0.4, -0.2) is 11.3 Å². The molecule has 0 amide bonds. The molecule has 0 spiro atoms. The molecule has 13 heavy (non-hydrogen) atoms. The van der Waals surface area contributed by atoms with Gasteiger partial charge in [-0.3, -0.25) is 5.43 Å². The number of thiocarbonyl (C=S) groups is 1. The molecule has 0 aromatic carbocycles. The Morgan fingerprint density at radius 1 is 1.62 bits per heavy atom. The summed E-state index contributed by atoms with van der Waals surface area (Å²) in [7, 11) is 0. The Balaban J connectivity index is 4.00. The lowest BCUT2D eigenvalue weighted by atomic mass is 9.85. The SMILES string of the molecule is CC(C)CC(C)(C)C=NNC(N)=S. The second-order valence-electron chi connectivity index (χ2n) is 4.32. The number of rotatable bonds is 4. The summed E-state index contributed by atoms with van der Waals surface area (Å²) < 4.78 is 0. The highest BCUT2D eigenvalue weighted by molar-refractivity contribution is 7.80. The van der Waals surface area contributed by atoms with Crippen molar-refractivity contribution in [1.82, 2.24) is 5.43 Å². The summed E-state index contributed by atoms with van der Waals surface area (Å²) in [4.78, 5) is 0. The Bertz CT molecular complexity index is 197. The average molecular weight is 201 g/mol. The van der Waals surface area contributed by atoms with E-state index in [2.05, 4.69) is 50.4 Å². The van der Waals surface area contributed by atoms with Gasteiger partial charge < -0.3 is 5.73 Å². The van der Waals surface area contributed by atoms with Crippen LogP contribution < -0.4 is 11.2 Å². The zero-order valence-corrected chi connectivity index (χ0v) is 9.61. The van der Waals surface area contributed by atoms with Gasteiger partial charge in [0.05, 0.1) is 0 Å². The average Bonchev–Trinajstić information content (AvgIpc) is 1.81. The fourth-order valence-corrected chi connectivity index (χ4v) is 1.43. The van der Waals surface area contributed by atoms with E-state index < -0.39 is 0 Å². The first-order valence-electron chi connectivity index (χ1n) is 4.43. The Morgan fingerprint density at radius 2 is 2.15 bits per heavy atom. The van der Waals surface area contributed by atoms with Crippen molar-refractivity contribution in [3.63, 3.8) is 0 Å². The van der Waals surface area contributed by atoms with Crippen LogP contribution in [0.15, 0.2) is 5.10 Å². The monoisotopic (exact) mass is 201 g/mol. The fourth-order valence-electron chi connectivity index (χ4n) is 1.38. The molecule has 0 aromatic rings. The van der Waals surface area contributed by atoms with Gasteiger partial charge in [0, 0.05) is 11.6 Å². The third-order valence-electron chi connectivity index (χ3n) is 1.52. The Morgan fingerprint density at radius 3 is 2.54 bits per heavy atom. The maximum atomic E-state index is 5.23. The second kappa shape index (κ2) is 5.17. The van der Waals surface area contributed by atoms with Crippen molar-refractivity contribution in [2.24, 2.45) is 22.2 Å². The molecule has 3 N–H and O–H groups in total. The van der Waals surface area contributed by atoms with Gasteiger partial charge in [0.1, 0.15) is 0 Å². The van der Waals surface area contributed by atoms with Crippen molar-refractivity contribution in [3.05, 3.63) is 0 Å². The minimum absolute atomic E-state index is 0.0892. The third kappa shape index (κ3) is 7.71. The van der Waals surface area contributed by atoms with E-state index in [9.17, 15) is 0 Å². The van der Waals surface area contributed by atoms with Crippen molar-refractivity contribution in [2.75, 3.05) is 0 Å². The van der Waals surface area contributed by atoms with E-state index in [0.29, 0.717) is 5.92 Å². The largest absolute Gasteiger partial charge is 0.375 e. The standard InChI is InChI=1S/C9H19N3S/c1-7(2)5-9(3,4)6-11-12-8(10)13/h6-7H,5H2,1-4H3,(H3,10,12,13). The number of hydrogen-bond donors (Lipinski definition) is 2. The minimum atomic E-state index is 0.0892. The molecule has 0 rings (SSSR count). The van der Waals surface area contributed by atoms with Crippen molar-refractivity contribution in [1.29, 1.82) is 0 Å². The molecule has 0 atom stereocenters. The van der Waals surface area contributed by atoms with Crippen molar-refractivity contribution < 1.29 is 0 Å². The van der Waals surface area contributed by atoms with Crippen LogP contribution in [0.2, 0.25) is 0 Å². The number of hydrogen-bond acceptors (Lipinski definition) is 2. The summed E-state index contributed by atoms with van der Waals surface area (Å²) in [5.41, 5.74) is 7.87. The first kappa shape index (κ1) is 12.4. The normalized spacial score (nSPS) is 12.4. The maximum Gasteiger partial charge on any atom is 0.184 e. The van der Waals surface area contributed by atoms with Gasteiger partial charge in [-0.1, -0.05) is 27.7 Å². The minimum Gasteiger partial charge on any atom is -0.375 e. The Kier molecular flexibility index (Phi) is 4.91. The third-order valence-corrected chi connectivity index (χ3v) is 1.61. The van der Waals surface area contributed by atoms with Crippen molar-refractivity contribution >= 4 is 23.5 Å². The van der Waals surface area contributed by atoms with E-state index in [1.165, 1.54) is 0 Å². The van der Waals surface area contributed by atoms with Gasteiger partial charge in [-0.25, -0.2) is 0 Å². The number of nitrogens with zero attached hydrogens (tertiary/aromatic N) is 1. The van der Waals surface area contributed by atoms with Crippen LogP contribution in [0.3, 0.4) is 0 Å². The summed E-state index contributed by atoms with van der Waals surface area (Å²) in [6.07, 6.45) is 2.95. The van der Waals surface area contributed by atoms with Crippen molar-refractivity contribution in [3.8, 4) is 0 Å². The molecule has 0 saturated heterocycles. The van der Waals surface area contributed by atoms with Crippen molar-refractivity contribution in [2.45, 2.75) is 34.1 Å². The van der Waals surface area contributed by atoms with Crippen LogP contribution in [0.4, 0.5) is 0 Å². The number of hydrazone groups is 1. The Labute approximate surface area is 85.8 Å². The first-order chi connectivity index (χ1) is 5.83. The molecule has 0 heterocycles. The lowest BCUT2D eigenvalue weighted by Gasteiger charge is -2.21. The first-order valence-corrected chi connectivity index (χ1v) is 4.84. The highest BCUT2D eigenvalue weighted by Crippen LogP contribution is 2.22. The van der Waals surface area contributed by atoms with E-state index in [1.807, 2.05) is 6.21 Å². The lowest BCUT2D eigenvalue weighted by Crippen LogP contribution is -2.26. The van der Waals surface area contributed by atoms with Crippen LogP contribution in [0.1, 0.15) is 34.1 Å². The molecule has 0 aliphatic heterocycles. The van der Waals surface area contributed by atoms with E-state index in [4.69, 9.17) is 5.73 Å². The lowest BCUT2D eigenvalue weighted by molar-refractivity contribution is 0.401. The quantitative estimate of drug-likeness (QED) is 0.415. The molecular formula is C9H19N3S. The molecule has 0 aromatic heterocycles. The topological polar surface area (TPSA) is 50.4 Å². The van der Waals surface area contributed by atoms with Gasteiger partial charge in [0.2, 0.25) is 0 Å². The molecule has 4 heteroatoms. The van der Waals surface area contributed by atoms with Gasteiger partial charge in [-0.05, 0) is 24.6 Å². The van der Waals surface area contributed by atoms with Gasteiger partial charge in [-0.15, -0.1) is 0 Å². The summed E-state index contributed by atoms with van der Waals surface area (Å²) in [6, 6.07) is 0. The smallest absolute Gasteiger partial charge is 0.184 e. The number of nitrogens with two attached hydrogens (primary N) is 1. The zero-order chi connectivity index (χ0) is 10.5. The molecule has 3 nitrogen and oxygen atoms in total. The molecule has 0 fully saturated rings. The van der Waals surface area contributed by atoms with Crippen LogP contribution >= 0.6 is 12.2 Å². The molecule has 0 unspecified atom stereocenters. The van der Waals surface area contributed by atoms with Crippen LogP contribution in [0.25, 0.3) is 0 Å². The molecule has 0 aliphatic carbocycles. The Hall–Kier alpha value is -0.640. The molecule has 0 aliphatic rings. The van der Waals surface area contributed by atoms with Gasteiger partial charge in [-0.2, -0.15) is 5.10 Å². The molecule has 0 radical (unpaired) electrons. The highest BCUT2D eigenvalue weighted by atomic mass is 32.1. The highest BCUT2D eigenvalue weighted by Gasteiger charge is 2.16. The molecule has 0 bridgehead atoms. The summed E-state index contributed by atoms with van der Waals surface area (Å²) in [6.45, 7) is 8.66. The van der Waals surface area contributed by atoms with E-state index in [1.54, 1.807) is 0 Å². The molecular weight excluding hydrogens is 182 g/mol. The van der Waals surface area contributed by atoms with Crippen LogP contribution in [-0.2, 0) is 0 Å². The predicted octanol–water partition coefficient (Wildman–Crippen LogP) is 1.88. The van der Waals surface area contributed by atoms with Gasteiger partial charge in [0.15, 0.2) is 5.11 Å². The maximum absolute atomic E-state index is 5.23. The summed E-state index contributed by atoms with van der Waals surface area (Å²) >= 11 is 4.62. The predicted molar refractivity (Wildman–Crippen MR) is 61.6 cm³/mol. The van der Waals surface area contributed by atoms with Gasteiger partial charge >= 0.3 is 0 Å². The van der Waals surface area contributed by atoms with Gasteiger partial charge in [0.25, 0.3) is 0 Å². The summed E-state index contributed by atoms with van der Waals surface area (Å²) in [5, 5.41) is 4.16. The van der Waals surface area contributed by atoms with Crippen LogP contribution in [0.5, 0.6) is 0 Å². The second-order valence-corrected chi connectivity index (χ2v) is 4.76. The fraction of sp³-hybridized carbons (Fsp3) is 0.778. The summed E-state index contributed by atoms with van der Waals surface area (Å²) in [5.74, 6) is 0.659.